The highest BCUT2D eigenvalue weighted by molar-refractivity contribution is 6.00. The van der Waals surface area contributed by atoms with Gasteiger partial charge in [-0.05, 0) is 17.7 Å². The molecule has 2 aliphatic heterocycles. The quantitative estimate of drug-likeness (QED) is 0.690. The predicted molar refractivity (Wildman–Crippen MR) is 111 cm³/mol. The van der Waals surface area contributed by atoms with Gasteiger partial charge in [0, 0.05) is 6.07 Å². The molecule has 2 aliphatic rings. The van der Waals surface area contributed by atoms with E-state index in [0.717, 1.165) is 5.56 Å². The van der Waals surface area contributed by atoms with E-state index in [1.807, 2.05) is 30.3 Å². The van der Waals surface area contributed by atoms with Crippen LogP contribution in [0.3, 0.4) is 0 Å². The van der Waals surface area contributed by atoms with E-state index in [0.29, 0.717) is 28.5 Å². The number of amides is 3. The van der Waals surface area contributed by atoms with E-state index in [1.165, 1.54) is 19.1 Å². The van der Waals surface area contributed by atoms with Crippen molar-refractivity contribution in [2.75, 3.05) is 32.7 Å². The van der Waals surface area contributed by atoms with Crippen LogP contribution in [-0.4, -0.2) is 50.2 Å². The first-order chi connectivity index (χ1) is 15.0. The summed E-state index contributed by atoms with van der Waals surface area (Å²) in [5.41, 5.74) is 1.91. The topological polar surface area (TPSA) is 106 Å². The number of cyclic esters (lactones) is 1. The van der Waals surface area contributed by atoms with E-state index < -0.39 is 23.9 Å². The number of urea groups is 1. The largest absolute Gasteiger partial charge is 0.497 e. The summed E-state index contributed by atoms with van der Waals surface area (Å²) < 4.78 is 15.6. The molecule has 2 N–H and O–H groups in total. The first kappa shape index (κ1) is 20.3. The molecule has 0 aliphatic carbocycles. The van der Waals surface area contributed by atoms with Crippen LogP contribution >= 0.6 is 0 Å². The molecule has 9 nitrogen and oxygen atoms in total. The zero-order chi connectivity index (χ0) is 22.0. The van der Waals surface area contributed by atoms with Crippen LogP contribution in [-0.2, 0) is 14.3 Å². The number of rotatable bonds is 6. The number of hydrogen-bond donors (Lipinski definition) is 2. The van der Waals surface area contributed by atoms with Gasteiger partial charge in [0.25, 0.3) is 0 Å². The molecule has 0 unspecified atom stereocenters. The molecular weight excluding hydrogens is 402 g/mol. The molecule has 2 heterocycles. The number of carbonyl (C=O) groups is 3. The number of anilines is 1. The molecule has 0 radical (unpaired) electrons. The van der Waals surface area contributed by atoms with Gasteiger partial charge in [0.15, 0.2) is 0 Å². The van der Waals surface area contributed by atoms with Crippen molar-refractivity contribution < 1.29 is 28.6 Å². The van der Waals surface area contributed by atoms with Crippen molar-refractivity contribution >= 4 is 23.6 Å². The van der Waals surface area contributed by atoms with Gasteiger partial charge >= 0.3 is 12.0 Å². The van der Waals surface area contributed by atoms with Gasteiger partial charge in [-0.1, -0.05) is 30.3 Å². The van der Waals surface area contributed by atoms with Crippen LogP contribution in [0, 0.1) is 0 Å². The summed E-state index contributed by atoms with van der Waals surface area (Å²) in [6.07, 6.45) is 0. The van der Waals surface area contributed by atoms with Crippen molar-refractivity contribution in [3.05, 3.63) is 65.4 Å². The fraction of sp³-hybridized carbons (Fsp3) is 0.227. The highest BCUT2D eigenvalue weighted by atomic mass is 16.5. The molecule has 0 saturated heterocycles. The van der Waals surface area contributed by atoms with Gasteiger partial charge in [-0.15, -0.1) is 0 Å². The van der Waals surface area contributed by atoms with E-state index >= 15 is 0 Å². The van der Waals surface area contributed by atoms with Gasteiger partial charge in [-0.3, -0.25) is 9.69 Å². The van der Waals surface area contributed by atoms with Crippen molar-refractivity contribution in [2.24, 2.45) is 0 Å². The Labute approximate surface area is 178 Å². The third-order valence-corrected chi connectivity index (χ3v) is 5.12. The number of esters is 1. The fourth-order valence-corrected chi connectivity index (χ4v) is 3.61. The summed E-state index contributed by atoms with van der Waals surface area (Å²) in [6.45, 7) is -0.359. The number of ether oxygens (including phenoxy) is 3. The Morgan fingerprint density at radius 1 is 1.16 bits per heavy atom. The lowest BCUT2D eigenvalue weighted by molar-refractivity contribution is -0.136. The number of methoxy groups -OCH3 is 2. The Hall–Kier alpha value is -4.01. The molecule has 31 heavy (non-hydrogen) atoms. The van der Waals surface area contributed by atoms with Crippen molar-refractivity contribution in [1.29, 1.82) is 0 Å². The molecule has 9 heteroatoms. The average molecular weight is 423 g/mol. The van der Waals surface area contributed by atoms with Crippen LogP contribution in [0.2, 0.25) is 0 Å². The van der Waals surface area contributed by atoms with Gasteiger partial charge in [0.2, 0.25) is 5.91 Å². The van der Waals surface area contributed by atoms with Crippen LogP contribution in [0.15, 0.2) is 59.8 Å². The van der Waals surface area contributed by atoms with E-state index in [4.69, 9.17) is 14.2 Å². The second-order valence-electron chi connectivity index (χ2n) is 6.93. The SMILES string of the molecule is COc1ccc(NC(=O)CN2C(=O)N[C@H](c3ccccc3)C3=C2COC3=O)c(OC)c1. The maximum absolute atomic E-state index is 12.8. The average Bonchev–Trinajstić information content (AvgIpc) is 3.17. The monoisotopic (exact) mass is 423 g/mol. The summed E-state index contributed by atoms with van der Waals surface area (Å²) in [5, 5.41) is 5.52. The summed E-state index contributed by atoms with van der Waals surface area (Å²) in [5.74, 6) is 0.0295. The van der Waals surface area contributed by atoms with Gasteiger partial charge in [-0.25, -0.2) is 9.59 Å². The third-order valence-electron chi connectivity index (χ3n) is 5.12. The van der Waals surface area contributed by atoms with Crippen LogP contribution in [0.5, 0.6) is 11.5 Å². The van der Waals surface area contributed by atoms with E-state index in [1.54, 1.807) is 18.2 Å². The summed E-state index contributed by atoms with van der Waals surface area (Å²) >= 11 is 0. The van der Waals surface area contributed by atoms with E-state index in [2.05, 4.69) is 10.6 Å². The molecule has 0 saturated carbocycles. The normalized spacial score (nSPS) is 17.6. The zero-order valence-corrected chi connectivity index (χ0v) is 17.0. The number of carbonyl (C=O) groups excluding carboxylic acids is 3. The van der Waals surface area contributed by atoms with E-state index in [-0.39, 0.29) is 13.2 Å². The summed E-state index contributed by atoms with van der Waals surface area (Å²) in [6, 6.07) is 13.0. The molecule has 0 spiro atoms. The maximum Gasteiger partial charge on any atom is 0.338 e. The second-order valence-corrected chi connectivity index (χ2v) is 6.93. The first-order valence-electron chi connectivity index (χ1n) is 9.57. The standard InChI is InChI=1S/C22H21N3O6/c1-29-14-8-9-15(17(10-14)30-2)23-18(26)11-25-16-12-31-21(27)19(16)20(24-22(25)28)13-6-4-3-5-7-13/h3-10,20H,11-12H2,1-2H3,(H,23,26)(H,24,28)/t20-/m1/s1. The minimum atomic E-state index is -0.625. The molecule has 4 rings (SSSR count). The van der Waals surface area contributed by atoms with Gasteiger partial charge in [0.05, 0.1) is 37.2 Å². The fourth-order valence-electron chi connectivity index (χ4n) is 3.61. The van der Waals surface area contributed by atoms with Crippen molar-refractivity contribution in [3.63, 3.8) is 0 Å². The van der Waals surface area contributed by atoms with Crippen molar-refractivity contribution in [3.8, 4) is 11.5 Å². The number of nitrogens with one attached hydrogen (secondary N) is 2. The van der Waals surface area contributed by atoms with Gasteiger partial charge in [-0.2, -0.15) is 0 Å². The number of nitrogens with zero attached hydrogens (tertiary/aromatic N) is 1. The highest BCUT2D eigenvalue weighted by Crippen LogP contribution is 2.35. The Kier molecular flexibility index (Phi) is 5.48. The highest BCUT2D eigenvalue weighted by Gasteiger charge is 2.42. The van der Waals surface area contributed by atoms with Crippen LogP contribution in [0.1, 0.15) is 11.6 Å². The second kappa shape index (κ2) is 8.39. The lowest BCUT2D eigenvalue weighted by Crippen LogP contribution is -2.49. The smallest absolute Gasteiger partial charge is 0.338 e. The molecule has 0 aromatic heterocycles. The third kappa shape index (κ3) is 3.89. The minimum Gasteiger partial charge on any atom is -0.497 e. The number of hydrogen-bond acceptors (Lipinski definition) is 6. The maximum atomic E-state index is 12.8. The minimum absolute atomic E-state index is 0.0654. The zero-order valence-electron chi connectivity index (χ0n) is 17.0. The van der Waals surface area contributed by atoms with E-state index in [9.17, 15) is 14.4 Å². The Morgan fingerprint density at radius 2 is 1.94 bits per heavy atom. The van der Waals surface area contributed by atoms with Crippen LogP contribution in [0.25, 0.3) is 0 Å². The van der Waals surface area contributed by atoms with Crippen LogP contribution < -0.4 is 20.1 Å². The van der Waals surface area contributed by atoms with Crippen molar-refractivity contribution in [1.82, 2.24) is 10.2 Å². The molecular formula is C22H21N3O6. The first-order valence-corrected chi connectivity index (χ1v) is 9.57. The lowest BCUT2D eigenvalue weighted by atomic mass is 9.96. The predicted octanol–water partition coefficient (Wildman–Crippen LogP) is 2.22. The van der Waals surface area contributed by atoms with Crippen molar-refractivity contribution in [2.45, 2.75) is 6.04 Å². The van der Waals surface area contributed by atoms with Gasteiger partial charge in [0.1, 0.15) is 24.7 Å². The molecule has 2 aromatic rings. The lowest BCUT2D eigenvalue weighted by Gasteiger charge is -2.32. The molecule has 3 amide bonds. The molecule has 0 bridgehead atoms. The Bertz CT molecular complexity index is 1070. The molecule has 160 valence electrons. The summed E-state index contributed by atoms with van der Waals surface area (Å²) in [4.78, 5) is 39.1. The molecule has 2 aromatic carbocycles. The van der Waals surface area contributed by atoms with Crippen LogP contribution in [0.4, 0.5) is 10.5 Å². The molecule has 0 fully saturated rings. The summed E-state index contributed by atoms with van der Waals surface area (Å²) in [7, 11) is 3.01. The Morgan fingerprint density at radius 3 is 2.65 bits per heavy atom. The van der Waals surface area contributed by atoms with Gasteiger partial charge < -0.3 is 24.8 Å². The number of benzene rings is 2. The Balaban J connectivity index is 1.57. The molecule has 1 atom stereocenters.